The molecule has 0 aliphatic rings. The zero-order valence-electron chi connectivity index (χ0n) is 10.1. The molecule has 5 nitrogen and oxygen atoms in total. The summed E-state index contributed by atoms with van der Waals surface area (Å²) in [5.74, 6) is -1.02. The lowest BCUT2D eigenvalue weighted by Gasteiger charge is -2.28. The van der Waals surface area contributed by atoms with Crippen molar-refractivity contribution in [3.05, 3.63) is 22.6 Å². The van der Waals surface area contributed by atoms with E-state index in [0.29, 0.717) is 5.16 Å². The Bertz CT molecular complexity index is 468. The topological polar surface area (TPSA) is 72.2 Å². The molecule has 0 radical (unpaired) electrons. The molecule has 1 N–H and O–H groups in total. The van der Waals surface area contributed by atoms with Crippen molar-refractivity contribution in [2.24, 2.45) is 0 Å². The Balaban J connectivity index is 3.12. The lowest BCUT2D eigenvalue weighted by molar-refractivity contribution is -0.133. The molecule has 1 heterocycles. The fraction of sp³-hybridized carbons (Fsp3) is 0.545. The first-order chi connectivity index (χ1) is 7.86. The summed E-state index contributed by atoms with van der Waals surface area (Å²) in [4.78, 5) is 25.6. The normalized spacial score (nSPS) is 11.5. The monoisotopic (exact) mass is 256 g/mol. The fourth-order valence-corrected chi connectivity index (χ4v) is 2.10. The molecule has 0 spiro atoms. The van der Waals surface area contributed by atoms with Crippen molar-refractivity contribution in [1.82, 2.24) is 9.55 Å². The molecule has 0 aliphatic carbocycles. The minimum absolute atomic E-state index is 0.101. The molecule has 94 valence electrons. The van der Waals surface area contributed by atoms with E-state index in [1.807, 2.05) is 25.3 Å². The number of nitrogens with zero attached hydrogens (tertiary/aromatic N) is 2. The molecular weight excluding hydrogens is 240 g/mol. The molecule has 17 heavy (non-hydrogen) atoms. The van der Waals surface area contributed by atoms with Crippen LogP contribution in [0.3, 0.4) is 0 Å². The third kappa shape index (κ3) is 3.59. The van der Waals surface area contributed by atoms with Crippen LogP contribution in [0.25, 0.3) is 0 Å². The van der Waals surface area contributed by atoms with Gasteiger partial charge in [0.05, 0.1) is 5.75 Å². The number of aliphatic carboxylic acids is 1. The minimum atomic E-state index is -0.922. The molecule has 0 fully saturated rings. The number of carboxylic acids is 1. The molecule has 0 bridgehead atoms. The van der Waals surface area contributed by atoms with Crippen LogP contribution >= 0.6 is 11.8 Å². The van der Waals surface area contributed by atoms with Gasteiger partial charge >= 0.3 is 5.97 Å². The van der Waals surface area contributed by atoms with Crippen molar-refractivity contribution in [2.45, 2.75) is 37.9 Å². The number of rotatable bonds is 5. The van der Waals surface area contributed by atoms with Gasteiger partial charge in [-0.1, -0.05) is 18.7 Å². The fourth-order valence-electron chi connectivity index (χ4n) is 1.25. The minimum Gasteiger partial charge on any atom is -0.481 e. The van der Waals surface area contributed by atoms with Gasteiger partial charge in [0.1, 0.15) is 0 Å². The molecule has 0 aromatic carbocycles. The van der Waals surface area contributed by atoms with Crippen LogP contribution in [0.4, 0.5) is 0 Å². The average molecular weight is 256 g/mol. The predicted octanol–water partition coefficient (Wildman–Crippen LogP) is 1.57. The summed E-state index contributed by atoms with van der Waals surface area (Å²) in [6.07, 6.45) is 2.53. The van der Waals surface area contributed by atoms with Crippen LogP contribution in [0.1, 0.15) is 27.2 Å². The summed E-state index contributed by atoms with van der Waals surface area (Å²) in [6.45, 7) is 6.07. The van der Waals surface area contributed by atoms with E-state index in [1.54, 1.807) is 6.20 Å². The lowest BCUT2D eigenvalue weighted by Crippen LogP contribution is -2.29. The SMILES string of the molecule is CCC(C)(C)n1ccc(=O)nc1SCC(=O)O. The molecule has 0 atom stereocenters. The van der Waals surface area contributed by atoms with Gasteiger partial charge in [-0.15, -0.1) is 0 Å². The molecular formula is C11H16N2O3S. The number of hydrogen-bond acceptors (Lipinski definition) is 4. The van der Waals surface area contributed by atoms with Crippen LogP contribution in [0.5, 0.6) is 0 Å². The summed E-state index contributed by atoms with van der Waals surface area (Å²) in [6, 6.07) is 1.39. The van der Waals surface area contributed by atoms with Crippen LogP contribution in [0.15, 0.2) is 22.2 Å². The van der Waals surface area contributed by atoms with E-state index >= 15 is 0 Å². The van der Waals surface area contributed by atoms with Gasteiger partial charge in [-0.25, -0.2) is 0 Å². The zero-order valence-corrected chi connectivity index (χ0v) is 11.0. The van der Waals surface area contributed by atoms with Crippen molar-refractivity contribution >= 4 is 17.7 Å². The van der Waals surface area contributed by atoms with Crippen molar-refractivity contribution in [3.8, 4) is 0 Å². The Hall–Kier alpha value is -1.30. The van der Waals surface area contributed by atoms with Gasteiger partial charge in [0.15, 0.2) is 5.16 Å². The van der Waals surface area contributed by atoms with E-state index in [9.17, 15) is 9.59 Å². The van der Waals surface area contributed by atoms with Gasteiger partial charge in [-0.3, -0.25) is 9.59 Å². The van der Waals surface area contributed by atoms with Gasteiger partial charge in [0, 0.05) is 17.8 Å². The van der Waals surface area contributed by atoms with Gasteiger partial charge in [0.25, 0.3) is 5.56 Å². The van der Waals surface area contributed by atoms with Crippen LogP contribution in [0.2, 0.25) is 0 Å². The maximum atomic E-state index is 11.2. The molecule has 6 heteroatoms. The van der Waals surface area contributed by atoms with E-state index in [1.165, 1.54) is 6.07 Å². The smallest absolute Gasteiger partial charge is 0.313 e. The summed E-state index contributed by atoms with van der Waals surface area (Å²) >= 11 is 1.06. The molecule has 1 aromatic heterocycles. The molecule has 1 rings (SSSR count). The highest BCUT2D eigenvalue weighted by Gasteiger charge is 2.20. The highest BCUT2D eigenvalue weighted by molar-refractivity contribution is 7.99. The van der Waals surface area contributed by atoms with Gasteiger partial charge in [-0.2, -0.15) is 4.98 Å². The number of thioether (sulfide) groups is 1. The number of carbonyl (C=O) groups is 1. The Kier molecular flexibility index (Phi) is 4.34. The molecule has 0 unspecified atom stereocenters. The molecule has 0 amide bonds. The second-order valence-corrected chi connectivity index (χ2v) is 5.21. The highest BCUT2D eigenvalue weighted by atomic mass is 32.2. The third-order valence-corrected chi connectivity index (χ3v) is 3.56. The molecule has 1 aromatic rings. The predicted molar refractivity (Wildman–Crippen MR) is 66.5 cm³/mol. The highest BCUT2D eigenvalue weighted by Crippen LogP contribution is 2.24. The summed E-state index contributed by atoms with van der Waals surface area (Å²) in [5, 5.41) is 9.11. The second kappa shape index (κ2) is 5.35. The van der Waals surface area contributed by atoms with E-state index < -0.39 is 5.97 Å². The Morgan fingerprint density at radius 2 is 2.24 bits per heavy atom. The average Bonchev–Trinajstić information content (AvgIpc) is 2.26. The lowest BCUT2D eigenvalue weighted by atomic mass is 10.0. The number of carboxylic acid groups (broad SMARTS) is 1. The standard InChI is InChI=1S/C11H16N2O3S/c1-4-11(2,3)13-6-5-8(14)12-10(13)17-7-9(15)16/h5-6H,4,7H2,1-3H3,(H,15,16). The zero-order chi connectivity index (χ0) is 13.1. The van der Waals surface area contributed by atoms with Crippen molar-refractivity contribution < 1.29 is 9.90 Å². The van der Waals surface area contributed by atoms with Crippen molar-refractivity contribution in [2.75, 3.05) is 5.75 Å². The van der Waals surface area contributed by atoms with Crippen LogP contribution in [-0.4, -0.2) is 26.4 Å². The van der Waals surface area contributed by atoms with Crippen molar-refractivity contribution in [1.29, 1.82) is 0 Å². The van der Waals surface area contributed by atoms with E-state index in [2.05, 4.69) is 4.98 Å². The van der Waals surface area contributed by atoms with Gasteiger partial charge in [0.2, 0.25) is 0 Å². The van der Waals surface area contributed by atoms with E-state index in [4.69, 9.17) is 5.11 Å². The molecule has 0 aliphatic heterocycles. The summed E-state index contributed by atoms with van der Waals surface area (Å²) in [5.41, 5.74) is -0.539. The third-order valence-electron chi connectivity index (χ3n) is 2.62. The largest absolute Gasteiger partial charge is 0.481 e. The number of aromatic nitrogens is 2. The second-order valence-electron chi connectivity index (χ2n) is 4.27. The Labute approximate surface area is 104 Å². The maximum Gasteiger partial charge on any atom is 0.313 e. The maximum absolute atomic E-state index is 11.2. The summed E-state index contributed by atoms with van der Waals surface area (Å²) in [7, 11) is 0. The van der Waals surface area contributed by atoms with Crippen LogP contribution < -0.4 is 5.56 Å². The quantitative estimate of drug-likeness (QED) is 0.639. The van der Waals surface area contributed by atoms with Crippen LogP contribution in [0, 0.1) is 0 Å². The number of hydrogen-bond donors (Lipinski definition) is 1. The Morgan fingerprint density at radius 1 is 1.59 bits per heavy atom. The molecule has 0 saturated carbocycles. The summed E-state index contributed by atoms with van der Waals surface area (Å²) < 4.78 is 1.85. The first-order valence-electron chi connectivity index (χ1n) is 5.31. The van der Waals surface area contributed by atoms with Crippen molar-refractivity contribution in [3.63, 3.8) is 0 Å². The van der Waals surface area contributed by atoms with E-state index in [0.717, 1.165) is 18.2 Å². The Morgan fingerprint density at radius 3 is 2.76 bits per heavy atom. The molecule has 0 saturated heterocycles. The van der Waals surface area contributed by atoms with Crippen LogP contribution in [-0.2, 0) is 10.3 Å². The van der Waals surface area contributed by atoms with Gasteiger partial charge < -0.3 is 9.67 Å². The van der Waals surface area contributed by atoms with Gasteiger partial charge in [-0.05, 0) is 20.3 Å². The first kappa shape index (κ1) is 13.8. The van der Waals surface area contributed by atoms with E-state index in [-0.39, 0.29) is 16.9 Å². The first-order valence-corrected chi connectivity index (χ1v) is 6.30.